The van der Waals surface area contributed by atoms with Crippen molar-refractivity contribution in [2.24, 2.45) is 0 Å². The summed E-state index contributed by atoms with van der Waals surface area (Å²) in [7, 11) is -0.746. The van der Waals surface area contributed by atoms with Crippen molar-refractivity contribution in [3.63, 3.8) is 0 Å². The number of rotatable bonds is 9. The van der Waals surface area contributed by atoms with Gasteiger partial charge in [-0.15, -0.1) is 0 Å². The first kappa shape index (κ1) is 24.8. The van der Waals surface area contributed by atoms with Crippen LogP contribution < -0.4 is 14.9 Å². The Kier molecular flexibility index (Phi) is 7.91. The quantitative estimate of drug-likeness (QED) is 0.490. The molecule has 0 fully saturated rings. The molecule has 0 aliphatic carbocycles. The first-order valence-corrected chi connectivity index (χ1v) is 12.1. The fourth-order valence-corrected chi connectivity index (χ4v) is 4.40. The van der Waals surface area contributed by atoms with Gasteiger partial charge in [-0.25, -0.2) is 8.42 Å². The van der Waals surface area contributed by atoms with Crippen LogP contribution in [0, 0.1) is 6.92 Å². The predicted octanol–water partition coefficient (Wildman–Crippen LogP) is 3.33. The van der Waals surface area contributed by atoms with Gasteiger partial charge in [-0.1, -0.05) is 42.0 Å². The van der Waals surface area contributed by atoms with Gasteiger partial charge in [0.25, 0.3) is 10.0 Å². The molecule has 0 aromatic heterocycles. The van der Waals surface area contributed by atoms with E-state index in [-0.39, 0.29) is 29.8 Å². The van der Waals surface area contributed by atoms with E-state index in [4.69, 9.17) is 0 Å². The molecule has 0 spiro atoms. The highest BCUT2D eigenvalue weighted by Crippen LogP contribution is 2.23. The summed E-state index contributed by atoms with van der Waals surface area (Å²) < 4.78 is 27.2. The lowest BCUT2D eigenvalue weighted by Gasteiger charge is -2.20. The molecule has 0 atom stereocenters. The van der Waals surface area contributed by atoms with E-state index in [1.54, 1.807) is 48.5 Å². The van der Waals surface area contributed by atoms with Crippen molar-refractivity contribution in [2.75, 3.05) is 42.1 Å². The van der Waals surface area contributed by atoms with Crippen LogP contribution in [0.3, 0.4) is 0 Å². The number of para-hydroxylation sites is 1. The van der Waals surface area contributed by atoms with Crippen molar-refractivity contribution in [3.05, 3.63) is 84.4 Å². The first-order valence-electron chi connectivity index (χ1n) is 10.7. The number of benzene rings is 3. The van der Waals surface area contributed by atoms with Gasteiger partial charge in [-0.3, -0.25) is 13.9 Å². The summed E-state index contributed by atoms with van der Waals surface area (Å²) in [6.45, 7) is 1.76. The number of hydrogen-bond donors (Lipinski definition) is 2. The smallest absolute Gasteiger partial charge is 0.264 e. The lowest BCUT2D eigenvalue weighted by atomic mass is 10.2. The zero-order valence-corrected chi connectivity index (χ0v) is 20.2. The summed E-state index contributed by atoms with van der Waals surface area (Å²) in [5.41, 5.74) is 2.77. The number of nitrogens with one attached hydrogen (secondary N) is 2. The van der Waals surface area contributed by atoms with E-state index in [1.165, 1.54) is 35.4 Å². The Hall–Kier alpha value is -3.85. The van der Waals surface area contributed by atoms with Gasteiger partial charge >= 0.3 is 0 Å². The molecule has 0 aliphatic rings. The van der Waals surface area contributed by atoms with Crippen LogP contribution in [-0.4, -0.2) is 52.3 Å². The van der Waals surface area contributed by atoms with E-state index >= 15 is 0 Å². The number of nitrogens with zero attached hydrogens (tertiary/aromatic N) is 2. The Labute approximate surface area is 200 Å². The van der Waals surface area contributed by atoms with Gasteiger partial charge in [-0.2, -0.15) is 0 Å². The zero-order valence-electron chi connectivity index (χ0n) is 19.4. The molecule has 0 aliphatic heterocycles. The van der Waals surface area contributed by atoms with E-state index in [9.17, 15) is 18.0 Å². The predicted molar refractivity (Wildman–Crippen MR) is 134 cm³/mol. The Bertz CT molecular complexity index is 1250. The monoisotopic (exact) mass is 480 g/mol. The molecule has 34 heavy (non-hydrogen) atoms. The van der Waals surface area contributed by atoms with Gasteiger partial charge in [0.15, 0.2) is 0 Å². The molecule has 178 valence electrons. The minimum absolute atomic E-state index is 0.0909. The topological polar surface area (TPSA) is 98.8 Å². The van der Waals surface area contributed by atoms with Gasteiger partial charge in [0, 0.05) is 25.5 Å². The number of likely N-dealkylation sites (N-methyl/N-ethyl adjacent to an activating group) is 1. The number of carbonyl (C=O) groups is 2. The highest BCUT2D eigenvalue weighted by Gasteiger charge is 2.21. The number of sulfonamides is 1. The molecule has 9 heteroatoms. The van der Waals surface area contributed by atoms with E-state index in [0.29, 0.717) is 17.1 Å². The summed E-state index contributed by atoms with van der Waals surface area (Å²) in [5, 5.41) is 5.69. The third kappa shape index (κ3) is 6.35. The molecular weight excluding hydrogens is 452 g/mol. The van der Waals surface area contributed by atoms with Crippen molar-refractivity contribution in [3.8, 4) is 0 Å². The van der Waals surface area contributed by atoms with Crippen molar-refractivity contribution >= 4 is 38.9 Å². The highest BCUT2D eigenvalue weighted by atomic mass is 32.2. The van der Waals surface area contributed by atoms with Crippen LogP contribution in [0.25, 0.3) is 0 Å². The maximum atomic E-state index is 13.0. The van der Waals surface area contributed by atoms with E-state index in [0.717, 1.165) is 5.56 Å². The summed E-state index contributed by atoms with van der Waals surface area (Å²) in [6, 6.07) is 22.4. The summed E-state index contributed by atoms with van der Waals surface area (Å²) in [6.07, 6.45) is 0. The Balaban J connectivity index is 1.57. The van der Waals surface area contributed by atoms with Crippen LogP contribution in [0.2, 0.25) is 0 Å². The van der Waals surface area contributed by atoms with Crippen molar-refractivity contribution in [1.82, 2.24) is 4.90 Å². The Morgan fingerprint density at radius 3 is 2.21 bits per heavy atom. The fraction of sp³-hybridized carbons (Fsp3) is 0.200. The lowest BCUT2D eigenvalue weighted by molar-refractivity contribution is -0.131. The third-order valence-corrected chi connectivity index (χ3v) is 6.98. The van der Waals surface area contributed by atoms with E-state index in [1.807, 2.05) is 25.1 Å². The second-order valence-electron chi connectivity index (χ2n) is 7.85. The van der Waals surface area contributed by atoms with Gasteiger partial charge in [0.1, 0.15) is 0 Å². The molecule has 8 nitrogen and oxygen atoms in total. The second-order valence-corrected chi connectivity index (χ2v) is 9.82. The van der Waals surface area contributed by atoms with Crippen LogP contribution in [-0.2, 0) is 19.6 Å². The second kappa shape index (κ2) is 10.8. The number of anilines is 3. The third-order valence-electron chi connectivity index (χ3n) is 5.20. The molecule has 0 heterocycles. The fourth-order valence-electron chi connectivity index (χ4n) is 3.15. The number of hydrogen-bond acceptors (Lipinski definition) is 5. The lowest BCUT2D eigenvalue weighted by Crippen LogP contribution is -2.38. The van der Waals surface area contributed by atoms with Crippen LogP contribution in [0.1, 0.15) is 5.56 Å². The average Bonchev–Trinajstić information content (AvgIpc) is 2.84. The number of carbonyl (C=O) groups excluding carboxylic acids is 2. The summed E-state index contributed by atoms with van der Waals surface area (Å²) in [4.78, 5) is 26.1. The molecule has 3 aromatic rings. The van der Waals surface area contributed by atoms with Gasteiger partial charge in [-0.05, 0) is 49.4 Å². The van der Waals surface area contributed by atoms with Crippen LogP contribution in [0.4, 0.5) is 17.1 Å². The molecule has 0 saturated carbocycles. The molecule has 3 rings (SSSR count). The largest absolute Gasteiger partial charge is 0.376 e. The normalized spacial score (nSPS) is 10.9. The molecule has 3 aromatic carbocycles. The molecule has 0 radical (unpaired) electrons. The van der Waals surface area contributed by atoms with Gasteiger partial charge < -0.3 is 15.5 Å². The molecule has 0 unspecified atom stereocenters. The Morgan fingerprint density at radius 1 is 0.853 bits per heavy atom. The average molecular weight is 481 g/mol. The first-order chi connectivity index (χ1) is 16.2. The number of amides is 2. The Morgan fingerprint density at radius 2 is 1.53 bits per heavy atom. The van der Waals surface area contributed by atoms with Crippen LogP contribution in [0.15, 0.2) is 83.8 Å². The highest BCUT2D eigenvalue weighted by molar-refractivity contribution is 7.92. The van der Waals surface area contributed by atoms with Crippen molar-refractivity contribution < 1.29 is 18.0 Å². The molecule has 0 bridgehead atoms. The molecule has 0 saturated heterocycles. The molecular formula is C25H28N4O4S. The maximum absolute atomic E-state index is 13.0. The standard InChI is InChI=1S/C25H28N4O4S/c1-19-12-14-20(15-13-19)27-24(30)18-28(2)25(31)17-26-21-8-7-11-23(16-21)34(32,33)29(3)22-9-5-4-6-10-22/h4-16,26H,17-18H2,1-3H3,(H,27,30). The summed E-state index contributed by atoms with van der Waals surface area (Å²) >= 11 is 0. The maximum Gasteiger partial charge on any atom is 0.264 e. The SMILES string of the molecule is Cc1ccc(NC(=O)CN(C)C(=O)CNc2cccc(S(=O)(=O)N(C)c3ccccc3)c2)cc1. The van der Waals surface area contributed by atoms with E-state index in [2.05, 4.69) is 10.6 Å². The summed E-state index contributed by atoms with van der Waals surface area (Å²) in [5.74, 6) is -0.620. The van der Waals surface area contributed by atoms with Crippen LogP contribution >= 0.6 is 0 Å². The zero-order chi connectivity index (χ0) is 24.7. The van der Waals surface area contributed by atoms with Crippen molar-refractivity contribution in [2.45, 2.75) is 11.8 Å². The number of aryl methyl sites for hydroxylation is 1. The van der Waals surface area contributed by atoms with Crippen LogP contribution in [0.5, 0.6) is 0 Å². The molecule has 2 N–H and O–H groups in total. The molecule has 2 amide bonds. The van der Waals surface area contributed by atoms with E-state index < -0.39 is 10.0 Å². The minimum atomic E-state index is -3.77. The van der Waals surface area contributed by atoms with Crippen molar-refractivity contribution in [1.29, 1.82) is 0 Å². The van der Waals surface area contributed by atoms with Gasteiger partial charge in [0.05, 0.1) is 23.7 Å². The van der Waals surface area contributed by atoms with Gasteiger partial charge in [0.2, 0.25) is 11.8 Å². The minimum Gasteiger partial charge on any atom is -0.376 e.